The Morgan fingerprint density at radius 3 is 2.76 bits per heavy atom. The number of amides is 1. The Morgan fingerprint density at radius 2 is 2.29 bits per heavy atom. The number of nitrogens with two attached hydrogens (primary N) is 1. The molecule has 0 aliphatic heterocycles. The van der Waals surface area contributed by atoms with Crippen LogP contribution in [0.4, 0.5) is 5.69 Å². The lowest BCUT2D eigenvalue weighted by Crippen LogP contribution is -2.32. The van der Waals surface area contributed by atoms with Gasteiger partial charge in [0.25, 0.3) is 0 Å². The van der Waals surface area contributed by atoms with Crippen molar-refractivity contribution in [1.82, 2.24) is 0 Å². The average Bonchev–Trinajstić information content (AvgIpc) is 2.22. The standard InChI is InChI=1S/C11H12BrClN2OS/c1-2-7(10(14)17)11(16)15-9-4-3-6(12)5-8(9)13/h3-5,7H,2H2,1H3,(H2,14,17)(H,15,16). The Morgan fingerprint density at radius 1 is 1.65 bits per heavy atom. The van der Waals surface area contributed by atoms with E-state index < -0.39 is 5.92 Å². The number of anilines is 1. The summed E-state index contributed by atoms with van der Waals surface area (Å²) in [6.45, 7) is 1.85. The van der Waals surface area contributed by atoms with E-state index in [1.807, 2.05) is 6.92 Å². The van der Waals surface area contributed by atoms with Crippen LogP contribution >= 0.6 is 39.7 Å². The third-order valence-electron chi connectivity index (χ3n) is 2.26. The van der Waals surface area contributed by atoms with Crippen LogP contribution in [0, 0.1) is 5.92 Å². The third-order valence-corrected chi connectivity index (χ3v) is 3.35. The summed E-state index contributed by atoms with van der Waals surface area (Å²) >= 11 is 14.1. The lowest BCUT2D eigenvalue weighted by molar-refractivity contribution is -0.118. The van der Waals surface area contributed by atoms with Gasteiger partial charge in [-0.05, 0) is 24.6 Å². The molecule has 3 nitrogen and oxygen atoms in total. The maximum absolute atomic E-state index is 11.9. The quantitative estimate of drug-likeness (QED) is 0.830. The summed E-state index contributed by atoms with van der Waals surface area (Å²) in [4.78, 5) is 12.1. The maximum atomic E-state index is 11.9. The van der Waals surface area contributed by atoms with Crippen LogP contribution in [0.15, 0.2) is 22.7 Å². The van der Waals surface area contributed by atoms with E-state index in [-0.39, 0.29) is 10.9 Å². The molecule has 1 unspecified atom stereocenters. The van der Waals surface area contributed by atoms with Crippen LogP contribution in [-0.4, -0.2) is 10.9 Å². The van der Waals surface area contributed by atoms with Gasteiger partial charge in [0.1, 0.15) is 0 Å². The normalized spacial score (nSPS) is 11.9. The van der Waals surface area contributed by atoms with E-state index in [1.54, 1.807) is 18.2 Å². The molecule has 1 aromatic carbocycles. The van der Waals surface area contributed by atoms with Crippen molar-refractivity contribution in [2.75, 3.05) is 5.32 Å². The highest BCUT2D eigenvalue weighted by Crippen LogP contribution is 2.26. The topological polar surface area (TPSA) is 55.1 Å². The van der Waals surface area contributed by atoms with Crippen molar-refractivity contribution < 1.29 is 4.79 Å². The van der Waals surface area contributed by atoms with Crippen LogP contribution in [0.5, 0.6) is 0 Å². The molecular weight excluding hydrogens is 324 g/mol. The number of nitrogens with one attached hydrogen (secondary N) is 1. The highest BCUT2D eigenvalue weighted by atomic mass is 79.9. The van der Waals surface area contributed by atoms with E-state index in [9.17, 15) is 4.79 Å². The smallest absolute Gasteiger partial charge is 0.234 e. The first kappa shape index (κ1) is 14.4. The number of benzene rings is 1. The molecule has 0 heterocycles. The molecule has 1 amide bonds. The van der Waals surface area contributed by atoms with Crippen molar-refractivity contribution in [2.45, 2.75) is 13.3 Å². The van der Waals surface area contributed by atoms with Crippen LogP contribution < -0.4 is 11.1 Å². The van der Waals surface area contributed by atoms with Gasteiger partial charge in [-0.1, -0.05) is 46.7 Å². The molecule has 1 aromatic rings. The van der Waals surface area contributed by atoms with Crippen molar-refractivity contribution in [3.8, 4) is 0 Å². The van der Waals surface area contributed by atoms with E-state index >= 15 is 0 Å². The van der Waals surface area contributed by atoms with Gasteiger partial charge in [0, 0.05) is 4.47 Å². The summed E-state index contributed by atoms with van der Waals surface area (Å²) in [6.07, 6.45) is 0.565. The molecule has 92 valence electrons. The fourth-order valence-corrected chi connectivity index (χ4v) is 2.32. The van der Waals surface area contributed by atoms with Crippen molar-refractivity contribution in [2.24, 2.45) is 11.7 Å². The molecule has 6 heteroatoms. The zero-order chi connectivity index (χ0) is 13.0. The highest BCUT2D eigenvalue weighted by molar-refractivity contribution is 9.10. The number of carbonyl (C=O) groups is 1. The summed E-state index contributed by atoms with van der Waals surface area (Å²) in [6, 6.07) is 5.22. The maximum Gasteiger partial charge on any atom is 0.234 e. The first-order chi connectivity index (χ1) is 7.95. The zero-order valence-electron chi connectivity index (χ0n) is 9.17. The van der Waals surface area contributed by atoms with Crippen LogP contribution in [0.25, 0.3) is 0 Å². The van der Waals surface area contributed by atoms with E-state index in [0.717, 1.165) is 4.47 Å². The lowest BCUT2D eigenvalue weighted by atomic mass is 10.1. The largest absolute Gasteiger partial charge is 0.393 e. The number of carbonyl (C=O) groups excluding carboxylic acids is 1. The molecule has 1 rings (SSSR count). The van der Waals surface area contributed by atoms with Gasteiger partial charge in [0.15, 0.2) is 0 Å². The molecule has 0 aromatic heterocycles. The number of halogens is 2. The minimum absolute atomic E-state index is 0.193. The summed E-state index contributed by atoms with van der Waals surface area (Å²) in [7, 11) is 0. The molecule has 0 saturated carbocycles. The molecule has 0 spiro atoms. The SMILES string of the molecule is CCC(C(=O)Nc1ccc(Br)cc1Cl)C(N)=S. The minimum Gasteiger partial charge on any atom is -0.393 e. The number of thiocarbonyl (C=S) groups is 1. The molecule has 1 atom stereocenters. The Hall–Kier alpha value is -0.650. The molecule has 0 radical (unpaired) electrons. The summed E-state index contributed by atoms with van der Waals surface area (Å²) in [5, 5.41) is 3.17. The fourth-order valence-electron chi connectivity index (χ4n) is 1.33. The Bertz CT molecular complexity index is 453. The number of rotatable bonds is 4. The monoisotopic (exact) mass is 334 g/mol. The predicted octanol–water partition coefficient (Wildman–Crippen LogP) is 3.35. The van der Waals surface area contributed by atoms with Gasteiger partial charge < -0.3 is 11.1 Å². The van der Waals surface area contributed by atoms with E-state index in [2.05, 4.69) is 21.2 Å². The lowest BCUT2D eigenvalue weighted by Gasteiger charge is -2.14. The van der Waals surface area contributed by atoms with Gasteiger partial charge in [-0.2, -0.15) is 0 Å². The van der Waals surface area contributed by atoms with Gasteiger partial charge in [0.2, 0.25) is 5.91 Å². The van der Waals surface area contributed by atoms with Crippen LogP contribution in [0.2, 0.25) is 5.02 Å². The average molecular weight is 336 g/mol. The van der Waals surface area contributed by atoms with Crippen molar-refractivity contribution in [3.05, 3.63) is 27.7 Å². The second-order valence-electron chi connectivity index (χ2n) is 3.48. The molecule has 3 N–H and O–H groups in total. The van der Waals surface area contributed by atoms with Gasteiger partial charge in [-0.15, -0.1) is 0 Å². The van der Waals surface area contributed by atoms with Crippen molar-refractivity contribution in [3.63, 3.8) is 0 Å². The van der Waals surface area contributed by atoms with Gasteiger partial charge in [-0.25, -0.2) is 0 Å². The van der Waals surface area contributed by atoms with Crippen LogP contribution in [-0.2, 0) is 4.79 Å². The van der Waals surface area contributed by atoms with Gasteiger partial charge in [-0.3, -0.25) is 4.79 Å². The predicted molar refractivity (Wildman–Crippen MR) is 78.3 cm³/mol. The Kier molecular flexibility index (Phi) is 5.36. The number of hydrogen-bond donors (Lipinski definition) is 2. The zero-order valence-corrected chi connectivity index (χ0v) is 12.3. The minimum atomic E-state index is -0.468. The van der Waals surface area contributed by atoms with E-state index in [4.69, 9.17) is 29.6 Å². The van der Waals surface area contributed by atoms with E-state index in [1.165, 1.54) is 0 Å². The first-order valence-electron chi connectivity index (χ1n) is 5.01. The summed E-state index contributed by atoms with van der Waals surface area (Å²) < 4.78 is 0.849. The Balaban J connectivity index is 2.84. The molecule has 0 aliphatic carbocycles. The molecule has 17 heavy (non-hydrogen) atoms. The van der Waals surface area contributed by atoms with E-state index in [0.29, 0.717) is 17.1 Å². The summed E-state index contributed by atoms with van der Waals surface area (Å²) in [5.74, 6) is -0.700. The van der Waals surface area contributed by atoms with Crippen LogP contribution in [0.1, 0.15) is 13.3 Å². The summed E-state index contributed by atoms with van der Waals surface area (Å²) in [5.41, 5.74) is 6.04. The highest BCUT2D eigenvalue weighted by Gasteiger charge is 2.19. The molecule has 0 fully saturated rings. The first-order valence-corrected chi connectivity index (χ1v) is 6.58. The van der Waals surface area contributed by atoms with Crippen molar-refractivity contribution in [1.29, 1.82) is 0 Å². The third kappa shape index (κ3) is 3.94. The fraction of sp³-hybridized carbons (Fsp3) is 0.273. The second-order valence-corrected chi connectivity index (χ2v) is 5.27. The van der Waals surface area contributed by atoms with Gasteiger partial charge in [0.05, 0.1) is 21.6 Å². The number of hydrogen-bond acceptors (Lipinski definition) is 2. The van der Waals surface area contributed by atoms with Gasteiger partial charge >= 0.3 is 0 Å². The molecule has 0 bridgehead atoms. The molecule has 0 aliphatic rings. The molecular formula is C11H12BrClN2OS. The van der Waals surface area contributed by atoms with Crippen LogP contribution in [0.3, 0.4) is 0 Å². The van der Waals surface area contributed by atoms with Crippen molar-refractivity contribution >= 4 is 56.3 Å². The molecule has 0 saturated heterocycles. The second kappa shape index (κ2) is 6.33. The Labute approximate surface area is 119 Å².